The molecule has 0 amide bonds. The van der Waals surface area contributed by atoms with Crippen molar-refractivity contribution in [2.45, 2.75) is 25.4 Å². The van der Waals surface area contributed by atoms with Crippen LogP contribution in [0.4, 0.5) is 5.95 Å². The molecule has 0 bridgehead atoms. The third-order valence-corrected chi connectivity index (χ3v) is 4.21. The summed E-state index contributed by atoms with van der Waals surface area (Å²) in [5, 5.41) is 15.5. The fourth-order valence-corrected chi connectivity index (χ4v) is 3.01. The van der Waals surface area contributed by atoms with Crippen molar-refractivity contribution >= 4 is 5.95 Å². The van der Waals surface area contributed by atoms with E-state index in [2.05, 4.69) is 76.3 Å². The molecule has 2 atom stereocenters. The molecule has 22 heavy (non-hydrogen) atoms. The number of anilines is 1. The van der Waals surface area contributed by atoms with Crippen LogP contribution in [-0.2, 0) is 0 Å². The lowest BCUT2D eigenvalue weighted by Crippen LogP contribution is -2.28. The fraction of sp³-hybridized carbons (Fsp3) is 0.235. The van der Waals surface area contributed by atoms with Crippen molar-refractivity contribution in [2.75, 3.05) is 5.32 Å². The van der Waals surface area contributed by atoms with E-state index in [0.29, 0.717) is 0 Å². The number of nitrogens with zero attached hydrogens (tertiary/aromatic N) is 4. The lowest BCUT2D eigenvalue weighted by Gasteiger charge is -2.31. The van der Waals surface area contributed by atoms with Gasteiger partial charge in [-0.1, -0.05) is 65.3 Å². The van der Waals surface area contributed by atoms with Crippen LogP contribution in [0.15, 0.2) is 54.6 Å². The minimum atomic E-state index is 0.150. The van der Waals surface area contributed by atoms with Gasteiger partial charge in [0.15, 0.2) is 0 Å². The molecular weight excluding hydrogens is 274 g/mol. The average Bonchev–Trinajstić information content (AvgIpc) is 3.04. The molecule has 0 spiro atoms. The molecule has 0 fully saturated rings. The van der Waals surface area contributed by atoms with Crippen molar-refractivity contribution in [3.05, 3.63) is 71.3 Å². The number of fused-ring (bicyclic) bond motifs is 1. The number of tetrazole rings is 1. The molecule has 2 heterocycles. The van der Waals surface area contributed by atoms with Crippen LogP contribution < -0.4 is 5.32 Å². The van der Waals surface area contributed by atoms with Gasteiger partial charge < -0.3 is 5.32 Å². The van der Waals surface area contributed by atoms with Gasteiger partial charge in [-0.3, -0.25) is 0 Å². The Morgan fingerprint density at radius 3 is 2.55 bits per heavy atom. The van der Waals surface area contributed by atoms with Gasteiger partial charge in [0.05, 0.1) is 12.1 Å². The van der Waals surface area contributed by atoms with Gasteiger partial charge in [-0.05, 0) is 34.9 Å². The second-order valence-electron chi connectivity index (χ2n) is 5.72. The van der Waals surface area contributed by atoms with Crippen LogP contribution in [0.5, 0.6) is 0 Å². The first-order valence-corrected chi connectivity index (χ1v) is 7.47. The molecule has 5 heteroatoms. The molecule has 1 aromatic heterocycles. The smallest absolute Gasteiger partial charge is 0.243 e. The van der Waals surface area contributed by atoms with Crippen molar-refractivity contribution < 1.29 is 0 Å². The monoisotopic (exact) mass is 291 g/mol. The van der Waals surface area contributed by atoms with Crippen LogP contribution in [0.1, 0.15) is 35.2 Å². The van der Waals surface area contributed by atoms with E-state index in [1.54, 1.807) is 0 Å². The number of nitrogens with one attached hydrogen (secondary N) is 1. The summed E-state index contributed by atoms with van der Waals surface area (Å²) in [4.78, 5) is 0. The fourth-order valence-electron chi connectivity index (χ4n) is 3.01. The van der Waals surface area contributed by atoms with Crippen LogP contribution in [0.2, 0.25) is 0 Å². The lowest BCUT2D eigenvalue weighted by molar-refractivity contribution is 0.424. The van der Waals surface area contributed by atoms with Gasteiger partial charge in [0, 0.05) is 0 Å². The Kier molecular flexibility index (Phi) is 3.11. The predicted octanol–water partition coefficient (Wildman–Crippen LogP) is 3.13. The maximum Gasteiger partial charge on any atom is 0.243 e. The second-order valence-corrected chi connectivity index (χ2v) is 5.72. The number of hydrogen-bond acceptors (Lipinski definition) is 4. The molecule has 3 aromatic rings. The first-order valence-electron chi connectivity index (χ1n) is 7.47. The van der Waals surface area contributed by atoms with Crippen LogP contribution in [0.25, 0.3) is 0 Å². The topological polar surface area (TPSA) is 55.6 Å². The Hall–Kier alpha value is -2.69. The first-order chi connectivity index (χ1) is 10.8. The molecule has 1 N–H and O–H groups in total. The summed E-state index contributed by atoms with van der Waals surface area (Å²) in [5.41, 5.74) is 3.75. The lowest BCUT2D eigenvalue weighted by atomic mass is 9.93. The van der Waals surface area contributed by atoms with E-state index in [9.17, 15) is 0 Å². The summed E-state index contributed by atoms with van der Waals surface area (Å²) in [6, 6.07) is 19.4. The molecule has 1 aliphatic rings. The van der Waals surface area contributed by atoms with E-state index in [-0.39, 0.29) is 12.1 Å². The maximum atomic E-state index is 4.16. The van der Waals surface area contributed by atoms with E-state index in [1.807, 2.05) is 10.7 Å². The maximum absolute atomic E-state index is 4.16. The molecule has 1 aliphatic heterocycles. The summed E-state index contributed by atoms with van der Waals surface area (Å²) in [6.07, 6.45) is 0.922. The standard InChI is InChI=1S/C17H17N5/c1-12-7-9-14(10-8-12)16-11-15(13-5-3-2-4-6-13)18-17-19-20-21-22(16)17/h2-10,15-16H,11H2,1H3,(H,18,19,21)/t15-,16-/m0/s1. The van der Waals surface area contributed by atoms with Crippen molar-refractivity contribution in [3.63, 3.8) is 0 Å². The summed E-state index contributed by atoms with van der Waals surface area (Å²) in [7, 11) is 0. The van der Waals surface area contributed by atoms with Gasteiger partial charge in [0.2, 0.25) is 5.95 Å². The highest BCUT2D eigenvalue weighted by atomic mass is 15.6. The zero-order chi connectivity index (χ0) is 14.9. The molecule has 110 valence electrons. The van der Waals surface area contributed by atoms with Crippen LogP contribution in [0, 0.1) is 6.92 Å². The third-order valence-electron chi connectivity index (χ3n) is 4.21. The number of hydrogen-bond donors (Lipinski definition) is 1. The highest BCUT2D eigenvalue weighted by Crippen LogP contribution is 2.36. The van der Waals surface area contributed by atoms with Crippen molar-refractivity contribution in [2.24, 2.45) is 0 Å². The molecular formula is C17H17N5. The van der Waals surface area contributed by atoms with Gasteiger partial charge in [-0.25, -0.2) is 4.68 Å². The van der Waals surface area contributed by atoms with E-state index in [0.717, 1.165) is 12.4 Å². The largest absolute Gasteiger partial charge is 0.346 e. The summed E-state index contributed by atoms with van der Waals surface area (Å²) < 4.78 is 1.88. The zero-order valence-corrected chi connectivity index (χ0v) is 12.3. The summed E-state index contributed by atoms with van der Waals surface area (Å²) in [6.45, 7) is 2.10. The third kappa shape index (κ3) is 2.24. The highest BCUT2D eigenvalue weighted by molar-refractivity contribution is 5.37. The number of benzene rings is 2. The Balaban J connectivity index is 1.73. The van der Waals surface area contributed by atoms with Crippen LogP contribution >= 0.6 is 0 Å². The van der Waals surface area contributed by atoms with E-state index < -0.39 is 0 Å². The SMILES string of the molecule is Cc1ccc([C@@H]2C[C@@H](c3ccccc3)Nc3nnnn32)cc1. The minimum Gasteiger partial charge on any atom is -0.346 e. The average molecular weight is 291 g/mol. The van der Waals surface area contributed by atoms with E-state index in [1.165, 1.54) is 16.7 Å². The molecule has 0 saturated carbocycles. The molecule has 2 aromatic carbocycles. The predicted molar refractivity (Wildman–Crippen MR) is 84.6 cm³/mol. The molecule has 5 nitrogen and oxygen atoms in total. The summed E-state index contributed by atoms with van der Waals surface area (Å²) in [5.74, 6) is 0.727. The normalized spacial score (nSPS) is 20.2. The number of aryl methyl sites for hydroxylation is 1. The van der Waals surface area contributed by atoms with Crippen LogP contribution in [-0.4, -0.2) is 20.2 Å². The van der Waals surface area contributed by atoms with Crippen LogP contribution in [0.3, 0.4) is 0 Å². The van der Waals surface area contributed by atoms with Gasteiger partial charge in [-0.2, -0.15) is 0 Å². The molecule has 0 aliphatic carbocycles. The van der Waals surface area contributed by atoms with Gasteiger partial charge in [0.1, 0.15) is 0 Å². The molecule has 0 unspecified atom stereocenters. The first kappa shape index (κ1) is 13.0. The Morgan fingerprint density at radius 1 is 1.00 bits per heavy atom. The van der Waals surface area contributed by atoms with E-state index in [4.69, 9.17) is 0 Å². The molecule has 0 radical (unpaired) electrons. The Labute approximate surface area is 129 Å². The second kappa shape index (κ2) is 5.26. The van der Waals surface area contributed by atoms with Gasteiger partial charge in [0.25, 0.3) is 0 Å². The Morgan fingerprint density at radius 2 is 1.77 bits per heavy atom. The summed E-state index contributed by atoms with van der Waals surface area (Å²) >= 11 is 0. The molecule has 0 saturated heterocycles. The van der Waals surface area contributed by atoms with Crippen molar-refractivity contribution in [1.29, 1.82) is 0 Å². The quantitative estimate of drug-likeness (QED) is 0.788. The zero-order valence-electron chi connectivity index (χ0n) is 12.3. The highest BCUT2D eigenvalue weighted by Gasteiger charge is 2.30. The van der Waals surface area contributed by atoms with E-state index >= 15 is 0 Å². The van der Waals surface area contributed by atoms with Crippen molar-refractivity contribution in [3.8, 4) is 0 Å². The van der Waals surface area contributed by atoms with Crippen molar-refractivity contribution in [1.82, 2.24) is 20.2 Å². The van der Waals surface area contributed by atoms with Gasteiger partial charge in [-0.15, -0.1) is 0 Å². The Bertz CT molecular complexity index is 763. The minimum absolute atomic E-state index is 0.150. The van der Waals surface area contributed by atoms with Gasteiger partial charge >= 0.3 is 0 Å². The molecule has 4 rings (SSSR count). The number of aromatic nitrogens is 4. The number of rotatable bonds is 2.